The minimum Gasteiger partial charge on any atom is -0.494 e. The first kappa shape index (κ1) is 15.2. The highest BCUT2D eigenvalue weighted by molar-refractivity contribution is 5.87. The quantitative estimate of drug-likeness (QED) is 0.773. The summed E-state index contributed by atoms with van der Waals surface area (Å²) in [6.45, 7) is 5.00. The summed E-state index contributed by atoms with van der Waals surface area (Å²) in [7, 11) is 1.49. The van der Waals surface area contributed by atoms with E-state index < -0.39 is 0 Å². The fourth-order valence-corrected chi connectivity index (χ4v) is 3.62. The average Bonchev–Trinajstić information content (AvgIpc) is 2.76. The number of rotatable bonds is 2. The molecule has 24 heavy (non-hydrogen) atoms. The normalized spacial score (nSPS) is 14.5. The van der Waals surface area contributed by atoms with E-state index in [1.807, 2.05) is 6.92 Å². The van der Waals surface area contributed by atoms with Crippen molar-refractivity contribution in [1.82, 2.24) is 9.88 Å². The lowest BCUT2D eigenvalue weighted by Crippen LogP contribution is -2.17. The predicted octanol–water partition coefficient (Wildman–Crippen LogP) is 3.91. The second-order valence-corrected chi connectivity index (χ2v) is 6.36. The van der Waals surface area contributed by atoms with Crippen molar-refractivity contribution in [2.75, 3.05) is 20.2 Å². The van der Waals surface area contributed by atoms with Gasteiger partial charge in [0.15, 0.2) is 11.6 Å². The molecule has 4 rings (SSSR count). The van der Waals surface area contributed by atoms with Crippen LogP contribution in [0.4, 0.5) is 4.39 Å². The van der Waals surface area contributed by atoms with Crippen LogP contribution in [0, 0.1) is 12.7 Å². The van der Waals surface area contributed by atoms with Gasteiger partial charge < -0.3 is 14.6 Å². The Hall–Kier alpha value is -2.33. The SMILES string of the molecule is COc1cc(C)c(-c2ccc3c(c2)cc2n3CCNCC2)cc1F. The second-order valence-electron chi connectivity index (χ2n) is 6.36. The molecule has 4 heteroatoms. The number of aryl methyl sites for hydroxylation is 1. The van der Waals surface area contributed by atoms with Crippen molar-refractivity contribution in [1.29, 1.82) is 0 Å². The van der Waals surface area contributed by atoms with Crippen LogP contribution >= 0.6 is 0 Å². The Morgan fingerprint density at radius 2 is 2.00 bits per heavy atom. The summed E-state index contributed by atoms with van der Waals surface area (Å²) in [5.41, 5.74) is 5.59. The number of nitrogens with zero attached hydrogens (tertiary/aromatic N) is 1. The molecule has 1 aliphatic heterocycles. The van der Waals surface area contributed by atoms with E-state index in [0.29, 0.717) is 5.75 Å². The molecule has 124 valence electrons. The van der Waals surface area contributed by atoms with Crippen LogP contribution in [0.5, 0.6) is 5.75 Å². The number of hydrogen-bond donors (Lipinski definition) is 1. The minimum absolute atomic E-state index is 0.292. The zero-order chi connectivity index (χ0) is 16.7. The Balaban J connectivity index is 1.83. The van der Waals surface area contributed by atoms with Gasteiger partial charge >= 0.3 is 0 Å². The van der Waals surface area contributed by atoms with Crippen molar-refractivity contribution in [3.8, 4) is 16.9 Å². The largest absolute Gasteiger partial charge is 0.494 e. The Bertz CT molecular complexity index is 914. The molecule has 0 fully saturated rings. The highest BCUT2D eigenvalue weighted by atomic mass is 19.1. The summed E-state index contributed by atoms with van der Waals surface area (Å²) < 4.78 is 21.6. The highest BCUT2D eigenvalue weighted by Gasteiger charge is 2.14. The van der Waals surface area contributed by atoms with Gasteiger partial charge in [-0.1, -0.05) is 6.07 Å². The Morgan fingerprint density at radius 3 is 2.83 bits per heavy atom. The fraction of sp³-hybridized carbons (Fsp3) is 0.300. The number of methoxy groups -OCH3 is 1. The molecule has 0 saturated carbocycles. The molecule has 0 saturated heterocycles. The van der Waals surface area contributed by atoms with Gasteiger partial charge in [-0.3, -0.25) is 0 Å². The van der Waals surface area contributed by atoms with Crippen molar-refractivity contribution >= 4 is 10.9 Å². The van der Waals surface area contributed by atoms with E-state index in [9.17, 15) is 4.39 Å². The van der Waals surface area contributed by atoms with Gasteiger partial charge in [-0.05, 0) is 53.9 Å². The molecular weight excluding hydrogens is 303 g/mol. The van der Waals surface area contributed by atoms with E-state index in [4.69, 9.17) is 4.74 Å². The molecule has 1 aromatic heterocycles. The molecule has 2 aromatic carbocycles. The average molecular weight is 324 g/mol. The maximum Gasteiger partial charge on any atom is 0.165 e. The van der Waals surface area contributed by atoms with Crippen LogP contribution in [0.3, 0.4) is 0 Å². The predicted molar refractivity (Wildman–Crippen MR) is 95.2 cm³/mol. The van der Waals surface area contributed by atoms with Crippen LogP contribution in [0.15, 0.2) is 36.4 Å². The number of benzene rings is 2. The molecule has 3 nitrogen and oxygen atoms in total. The second kappa shape index (κ2) is 5.95. The monoisotopic (exact) mass is 324 g/mol. The summed E-state index contributed by atoms with van der Waals surface area (Å²) in [4.78, 5) is 0. The lowest BCUT2D eigenvalue weighted by molar-refractivity contribution is 0.386. The third-order valence-corrected chi connectivity index (χ3v) is 4.87. The number of nitrogens with one attached hydrogen (secondary N) is 1. The summed E-state index contributed by atoms with van der Waals surface area (Å²) in [5.74, 6) is -0.0302. The van der Waals surface area contributed by atoms with Crippen LogP contribution in [0.25, 0.3) is 22.0 Å². The number of fused-ring (bicyclic) bond motifs is 3. The Morgan fingerprint density at radius 1 is 1.12 bits per heavy atom. The topological polar surface area (TPSA) is 26.2 Å². The summed E-state index contributed by atoms with van der Waals surface area (Å²) >= 11 is 0. The first-order valence-electron chi connectivity index (χ1n) is 8.35. The van der Waals surface area contributed by atoms with Crippen LogP contribution in [-0.2, 0) is 13.0 Å². The molecule has 0 spiro atoms. The molecule has 1 N–H and O–H groups in total. The summed E-state index contributed by atoms with van der Waals surface area (Å²) in [6, 6.07) is 12.0. The summed E-state index contributed by atoms with van der Waals surface area (Å²) in [5, 5.41) is 4.65. The standard InChI is InChI=1S/C20H21FN2O/c1-13-9-20(24-2)18(21)12-17(13)14-3-4-19-15(10-14)11-16-5-6-22-7-8-23(16)19/h3-4,9-12,22H,5-8H2,1-2H3. The zero-order valence-electron chi connectivity index (χ0n) is 14.0. The fourth-order valence-electron chi connectivity index (χ4n) is 3.62. The van der Waals surface area contributed by atoms with E-state index >= 15 is 0 Å². The smallest absolute Gasteiger partial charge is 0.165 e. The molecular formula is C20H21FN2O. The van der Waals surface area contributed by atoms with Crippen molar-refractivity contribution in [2.45, 2.75) is 19.9 Å². The van der Waals surface area contributed by atoms with Gasteiger partial charge in [0.2, 0.25) is 0 Å². The molecule has 0 bridgehead atoms. The zero-order valence-corrected chi connectivity index (χ0v) is 14.0. The van der Waals surface area contributed by atoms with Crippen molar-refractivity contribution in [3.05, 3.63) is 53.5 Å². The maximum atomic E-state index is 14.1. The van der Waals surface area contributed by atoms with Crippen LogP contribution < -0.4 is 10.1 Å². The van der Waals surface area contributed by atoms with Crippen molar-refractivity contribution < 1.29 is 9.13 Å². The molecule has 0 aliphatic carbocycles. The van der Waals surface area contributed by atoms with Crippen LogP contribution in [0.1, 0.15) is 11.3 Å². The van der Waals surface area contributed by atoms with E-state index in [2.05, 4.69) is 34.1 Å². The molecule has 2 heterocycles. The maximum absolute atomic E-state index is 14.1. The lowest BCUT2D eigenvalue weighted by Gasteiger charge is -2.11. The lowest BCUT2D eigenvalue weighted by atomic mass is 9.99. The van der Waals surface area contributed by atoms with E-state index in [0.717, 1.165) is 42.7 Å². The number of hydrogen-bond acceptors (Lipinski definition) is 2. The first-order valence-corrected chi connectivity index (χ1v) is 8.35. The molecule has 0 amide bonds. The third-order valence-electron chi connectivity index (χ3n) is 4.87. The van der Waals surface area contributed by atoms with Gasteiger partial charge in [-0.25, -0.2) is 4.39 Å². The van der Waals surface area contributed by atoms with Gasteiger partial charge in [0, 0.05) is 42.7 Å². The highest BCUT2D eigenvalue weighted by Crippen LogP contribution is 2.32. The Kier molecular flexibility index (Phi) is 3.77. The van der Waals surface area contributed by atoms with Crippen molar-refractivity contribution in [2.24, 2.45) is 0 Å². The van der Waals surface area contributed by atoms with Gasteiger partial charge in [0.1, 0.15) is 0 Å². The molecule has 0 radical (unpaired) electrons. The number of ether oxygens (including phenoxy) is 1. The van der Waals surface area contributed by atoms with Gasteiger partial charge in [0.05, 0.1) is 7.11 Å². The van der Waals surface area contributed by atoms with E-state index in [1.54, 1.807) is 12.1 Å². The molecule has 0 unspecified atom stereocenters. The van der Waals surface area contributed by atoms with Gasteiger partial charge in [-0.15, -0.1) is 0 Å². The summed E-state index contributed by atoms with van der Waals surface area (Å²) in [6.07, 6.45) is 1.04. The van der Waals surface area contributed by atoms with Gasteiger partial charge in [-0.2, -0.15) is 0 Å². The third kappa shape index (κ3) is 2.47. The molecule has 1 aliphatic rings. The molecule has 3 aromatic rings. The number of aromatic nitrogens is 1. The van der Waals surface area contributed by atoms with Crippen molar-refractivity contribution in [3.63, 3.8) is 0 Å². The molecule has 0 atom stereocenters. The van der Waals surface area contributed by atoms with Crippen LogP contribution in [-0.4, -0.2) is 24.8 Å². The van der Waals surface area contributed by atoms with E-state index in [1.165, 1.54) is 23.7 Å². The number of halogens is 1. The van der Waals surface area contributed by atoms with E-state index in [-0.39, 0.29) is 5.82 Å². The van der Waals surface area contributed by atoms with Gasteiger partial charge in [0.25, 0.3) is 0 Å². The minimum atomic E-state index is -0.322. The van der Waals surface area contributed by atoms with Crippen LogP contribution in [0.2, 0.25) is 0 Å². The first-order chi connectivity index (χ1) is 11.7. The Labute approximate surface area is 141 Å².